The van der Waals surface area contributed by atoms with Gasteiger partial charge in [0.25, 0.3) is 5.91 Å². The Kier molecular flexibility index (Phi) is 5.85. The molecule has 0 radical (unpaired) electrons. The highest BCUT2D eigenvalue weighted by Crippen LogP contribution is 2.18. The number of morpholine rings is 1. The van der Waals surface area contributed by atoms with Crippen molar-refractivity contribution in [2.24, 2.45) is 0 Å². The van der Waals surface area contributed by atoms with Crippen LogP contribution < -0.4 is 10.2 Å². The molecule has 1 aliphatic heterocycles. The molecule has 1 fully saturated rings. The van der Waals surface area contributed by atoms with Gasteiger partial charge in [-0.15, -0.1) is 0 Å². The minimum atomic E-state index is -0.733. The maximum atomic E-state index is 12.3. The number of hydrogen-bond donors (Lipinski definition) is 2. The van der Waals surface area contributed by atoms with Crippen molar-refractivity contribution >= 4 is 11.7 Å². The van der Waals surface area contributed by atoms with Gasteiger partial charge in [0.1, 0.15) is 5.82 Å². The lowest BCUT2D eigenvalue weighted by Gasteiger charge is -2.36. The molecule has 0 saturated carbocycles. The predicted molar refractivity (Wildman–Crippen MR) is 100 cm³/mol. The second kappa shape index (κ2) is 8.29. The van der Waals surface area contributed by atoms with Gasteiger partial charge in [-0.25, -0.2) is 4.98 Å². The van der Waals surface area contributed by atoms with E-state index >= 15 is 0 Å². The lowest BCUT2D eigenvalue weighted by molar-refractivity contribution is -0.00546. The number of nitrogens with one attached hydrogen (secondary N) is 1. The van der Waals surface area contributed by atoms with Crippen LogP contribution in [0.25, 0.3) is 0 Å². The highest BCUT2D eigenvalue weighted by atomic mass is 16.5. The third-order valence-electron chi connectivity index (χ3n) is 4.39. The Morgan fingerprint density at radius 3 is 2.54 bits per heavy atom. The first-order valence-corrected chi connectivity index (χ1v) is 8.90. The lowest BCUT2D eigenvalue weighted by Crippen LogP contribution is -2.45. The van der Waals surface area contributed by atoms with E-state index in [-0.39, 0.29) is 24.7 Å². The second-order valence-corrected chi connectivity index (χ2v) is 6.70. The van der Waals surface area contributed by atoms with Crippen LogP contribution in [0.4, 0.5) is 5.82 Å². The number of nitrogens with zero attached hydrogens (tertiary/aromatic N) is 2. The molecule has 1 aliphatic rings. The number of pyridine rings is 1. The van der Waals surface area contributed by atoms with Gasteiger partial charge < -0.3 is 20.1 Å². The smallest absolute Gasteiger partial charge is 0.252 e. The van der Waals surface area contributed by atoms with E-state index in [4.69, 9.17) is 4.74 Å². The number of aliphatic hydroxyl groups is 1. The average molecular weight is 355 g/mol. The number of hydrogen-bond acceptors (Lipinski definition) is 5. The van der Waals surface area contributed by atoms with Crippen LogP contribution in [-0.2, 0) is 4.74 Å². The Morgan fingerprint density at radius 2 is 1.92 bits per heavy atom. The normalized spacial score (nSPS) is 21.3. The summed E-state index contributed by atoms with van der Waals surface area (Å²) in [6, 6.07) is 12.9. The SMILES string of the molecule is CC1CN(c2ccc(C(=O)NCC(O)c3ccccc3)cn2)CC(C)O1. The van der Waals surface area contributed by atoms with Crippen molar-refractivity contribution in [3.63, 3.8) is 0 Å². The lowest BCUT2D eigenvalue weighted by atomic mass is 10.1. The molecule has 3 rings (SSSR count). The van der Waals surface area contributed by atoms with E-state index in [9.17, 15) is 9.90 Å². The summed E-state index contributed by atoms with van der Waals surface area (Å²) in [6.45, 7) is 5.81. The Bertz CT molecular complexity index is 711. The number of ether oxygens (including phenoxy) is 1. The molecule has 1 aromatic heterocycles. The van der Waals surface area contributed by atoms with Crippen LogP contribution in [-0.4, -0.2) is 47.8 Å². The molecule has 3 atom stereocenters. The van der Waals surface area contributed by atoms with Gasteiger partial charge in [0.05, 0.1) is 23.9 Å². The standard InChI is InChI=1S/C20H25N3O3/c1-14-12-23(13-15(2)26-14)19-9-8-17(10-21-19)20(25)22-11-18(24)16-6-4-3-5-7-16/h3-10,14-15,18,24H,11-13H2,1-2H3,(H,22,25). The molecule has 6 nitrogen and oxygen atoms in total. The third-order valence-corrected chi connectivity index (χ3v) is 4.39. The Labute approximate surface area is 153 Å². The van der Waals surface area contributed by atoms with Gasteiger partial charge in [-0.1, -0.05) is 30.3 Å². The first-order valence-electron chi connectivity index (χ1n) is 8.90. The zero-order chi connectivity index (χ0) is 18.5. The number of carbonyl (C=O) groups excluding carboxylic acids is 1. The minimum Gasteiger partial charge on any atom is -0.387 e. The summed E-state index contributed by atoms with van der Waals surface area (Å²) in [7, 11) is 0. The van der Waals surface area contributed by atoms with Gasteiger partial charge in [-0.3, -0.25) is 4.79 Å². The Hall–Kier alpha value is -2.44. The quantitative estimate of drug-likeness (QED) is 0.860. The molecule has 2 aromatic rings. The number of benzene rings is 1. The van der Waals surface area contributed by atoms with Crippen LogP contribution >= 0.6 is 0 Å². The summed E-state index contributed by atoms with van der Waals surface area (Å²) in [5.74, 6) is 0.593. The van der Waals surface area contributed by atoms with Crippen molar-refractivity contribution in [1.82, 2.24) is 10.3 Å². The summed E-state index contributed by atoms with van der Waals surface area (Å²) in [6.07, 6.45) is 1.15. The zero-order valence-corrected chi connectivity index (χ0v) is 15.1. The van der Waals surface area contributed by atoms with Gasteiger partial charge in [0.2, 0.25) is 0 Å². The molecule has 0 bridgehead atoms. The maximum Gasteiger partial charge on any atom is 0.252 e. The molecule has 1 aromatic carbocycles. The van der Waals surface area contributed by atoms with Crippen LogP contribution in [0.15, 0.2) is 48.7 Å². The van der Waals surface area contributed by atoms with Gasteiger partial charge in [-0.2, -0.15) is 0 Å². The molecule has 1 saturated heterocycles. The first kappa shape index (κ1) is 18.4. The highest BCUT2D eigenvalue weighted by molar-refractivity contribution is 5.94. The summed E-state index contributed by atoms with van der Waals surface area (Å²) in [5.41, 5.74) is 1.25. The number of amides is 1. The van der Waals surface area contributed by atoms with Crippen molar-refractivity contribution in [2.45, 2.75) is 32.2 Å². The van der Waals surface area contributed by atoms with E-state index in [2.05, 4.69) is 15.2 Å². The van der Waals surface area contributed by atoms with Crippen LogP contribution in [0.1, 0.15) is 35.9 Å². The summed E-state index contributed by atoms with van der Waals surface area (Å²) >= 11 is 0. The number of aromatic nitrogens is 1. The van der Waals surface area contributed by atoms with E-state index in [1.165, 1.54) is 0 Å². The number of carbonyl (C=O) groups is 1. The van der Waals surface area contributed by atoms with E-state index in [0.717, 1.165) is 24.5 Å². The fourth-order valence-electron chi connectivity index (χ4n) is 3.16. The van der Waals surface area contributed by atoms with Crippen molar-refractivity contribution < 1.29 is 14.6 Å². The Morgan fingerprint density at radius 1 is 1.23 bits per heavy atom. The molecule has 1 amide bonds. The van der Waals surface area contributed by atoms with E-state index < -0.39 is 6.10 Å². The van der Waals surface area contributed by atoms with Crippen LogP contribution in [0, 0.1) is 0 Å². The summed E-state index contributed by atoms with van der Waals surface area (Å²) in [5, 5.41) is 12.9. The molecule has 26 heavy (non-hydrogen) atoms. The largest absolute Gasteiger partial charge is 0.387 e. The number of aliphatic hydroxyl groups excluding tert-OH is 1. The minimum absolute atomic E-state index is 0.156. The van der Waals surface area contributed by atoms with Gasteiger partial charge in [-0.05, 0) is 31.5 Å². The fraction of sp³-hybridized carbons (Fsp3) is 0.400. The molecule has 6 heteroatoms. The summed E-state index contributed by atoms with van der Waals surface area (Å²) in [4.78, 5) is 18.9. The summed E-state index contributed by atoms with van der Waals surface area (Å²) < 4.78 is 5.73. The number of rotatable bonds is 5. The van der Waals surface area contributed by atoms with E-state index in [1.807, 2.05) is 50.2 Å². The fourth-order valence-corrected chi connectivity index (χ4v) is 3.16. The topological polar surface area (TPSA) is 74.7 Å². The molecular formula is C20H25N3O3. The monoisotopic (exact) mass is 355 g/mol. The first-order chi connectivity index (χ1) is 12.5. The van der Waals surface area contributed by atoms with Crippen molar-refractivity contribution in [2.75, 3.05) is 24.5 Å². The van der Waals surface area contributed by atoms with Crippen molar-refractivity contribution in [3.8, 4) is 0 Å². The molecular weight excluding hydrogens is 330 g/mol. The molecule has 0 aliphatic carbocycles. The van der Waals surface area contributed by atoms with Gasteiger partial charge >= 0.3 is 0 Å². The second-order valence-electron chi connectivity index (χ2n) is 6.70. The van der Waals surface area contributed by atoms with Crippen LogP contribution in [0.3, 0.4) is 0 Å². The number of anilines is 1. The van der Waals surface area contributed by atoms with Crippen molar-refractivity contribution in [1.29, 1.82) is 0 Å². The zero-order valence-electron chi connectivity index (χ0n) is 15.1. The van der Waals surface area contributed by atoms with Gasteiger partial charge in [0.15, 0.2) is 0 Å². The Balaban J connectivity index is 1.57. The highest BCUT2D eigenvalue weighted by Gasteiger charge is 2.23. The molecule has 2 N–H and O–H groups in total. The van der Waals surface area contributed by atoms with E-state index in [1.54, 1.807) is 12.3 Å². The average Bonchev–Trinajstić information content (AvgIpc) is 2.66. The maximum absolute atomic E-state index is 12.3. The van der Waals surface area contributed by atoms with Gasteiger partial charge in [0, 0.05) is 25.8 Å². The molecule has 138 valence electrons. The molecule has 2 heterocycles. The molecule has 0 spiro atoms. The van der Waals surface area contributed by atoms with Crippen LogP contribution in [0.5, 0.6) is 0 Å². The predicted octanol–water partition coefficient (Wildman–Crippen LogP) is 2.16. The van der Waals surface area contributed by atoms with E-state index in [0.29, 0.717) is 5.56 Å². The molecule has 3 unspecified atom stereocenters. The van der Waals surface area contributed by atoms with Crippen LogP contribution in [0.2, 0.25) is 0 Å². The van der Waals surface area contributed by atoms with Crippen molar-refractivity contribution in [3.05, 3.63) is 59.8 Å². The third kappa shape index (κ3) is 4.59.